The summed E-state index contributed by atoms with van der Waals surface area (Å²) in [7, 11) is 1.63. The summed E-state index contributed by atoms with van der Waals surface area (Å²) in [5.74, 6) is 0.555. The van der Waals surface area contributed by atoms with E-state index in [-0.39, 0.29) is 23.8 Å². The average Bonchev–Trinajstić information content (AvgIpc) is 3.20. The normalized spacial score (nSPS) is 10.8. The van der Waals surface area contributed by atoms with Gasteiger partial charge in [0.15, 0.2) is 11.4 Å². The summed E-state index contributed by atoms with van der Waals surface area (Å²) in [4.78, 5) is 29.3. The molecule has 0 fully saturated rings. The molecule has 0 aliphatic heterocycles. The molecule has 34 heavy (non-hydrogen) atoms. The van der Waals surface area contributed by atoms with Gasteiger partial charge in [-0.2, -0.15) is 0 Å². The highest BCUT2D eigenvalue weighted by molar-refractivity contribution is 5.91. The molecule has 0 saturated heterocycles. The number of hydrogen-bond acceptors (Lipinski definition) is 6. The van der Waals surface area contributed by atoms with Crippen LogP contribution in [0.4, 0.5) is 17.1 Å². The van der Waals surface area contributed by atoms with Crippen LogP contribution in [0.5, 0.6) is 11.5 Å². The highest BCUT2D eigenvalue weighted by Crippen LogP contribution is 2.33. The SMILES string of the molecule is CCC(=O)CN(C=O)c1ccc(Nc2cccn3c(C)c(-c4cccc(OC)c4)nc23)cc1O. The number of pyridine rings is 1. The number of carbonyl (C=O) groups is 2. The van der Waals surface area contributed by atoms with E-state index in [1.165, 1.54) is 11.0 Å². The fourth-order valence-corrected chi connectivity index (χ4v) is 3.81. The molecule has 0 aliphatic carbocycles. The number of aryl methyl sites for hydroxylation is 1. The minimum absolute atomic E-state index is 0.0833. The minimum Gasteiger partial charge on any atom is -0.506 e. The molecule has 4 aromatic rings. The van der Waals surface area contributed by atoms with Crippen LogP contribution in [-0.2, 0) is 9.59 Å². The molecule has 0 atom stereocenters. The highest BCUT2D eigenvalue weighted by Gasteiger charge is 2.16. The van der Waals surface area contributed by atoms with Gasteiger partial charge in [-0.25, -0.2) is 4.98 Å². The number of phenolic OH excluding ortho intramolecular Hbond substituents is 1. The number of ether oxygens (including phenoxy) is 1. The van der Waals surface area contributed by atoms with Gasteiger partial charge in [0.25, 0.3) is 0 Å². The van der Waals surface area contributed by atoms with E-state index in [4.69, 9.17) is 9.72 Å². The molecule has 0 radical (unpaired) electrons. The third-order valence-electron chi connectivity index (χ3n) is 5.66. The quantitative estimate of drug-likeness (QED) is 0.353. The lowest BCUT2D eigenvalue weighted by atomic mass is 10.1. The van der Waals surface area contributed by atoms with Crippen LogP contribution in [0.15, 0.2) is 60.8 Å². The number of amides is 1. The maximum Gasteiger partial charge on any atom is 0.214 e. The Labute approximate surface area is 197 Å². The minimum atomic E-state index is -0.107. The number of ketones is 1. The number of fused-ring (bicyclic) bond motifs is 1. The fourth-order valence-electron chi connectivity index (χ4n) is 3.81. The standard InChI is InChI=1S/C26H26N4O4/c1-4-20(32)15-29(16-31)23-11-10-19(14-24(23)33)27-22-9-6-12-30-17(2)25(28-26(22)30)18-7-5-8-21(13-18)34-3/h5-14,16,27,33H,4,15H2,1-3H3. The van der Waals surface area contributed by atoms with Crippen molar-refractivity contribution in [2.75, 3.05) is 23.9 Å². The van der Waals surface area contributed by atoms with Crippen LogP contribution < -0.4 is 15.0 Å². The van der Waals surface area contributed by atoms with Crippen molar-refractivity contribution in [1.29, 1.82) is 0 Å². The summed E-state index contributed by atoms with van der Waals surface area (Å²) in [6.07, 6.45) is 2.81. The van der Waals surface area contributed by atoms with Gasteiger partial charge < -0.3 is 24.5 Å². The van der Waals surface area contributed by atoms with Crippen LogP contribution in [0.2, 0.25) is 0 Å². The summed E-state index contributed by atoms with van der Waals surface area (Å²) < 4.78 is 7.35. The number of Topliss-reactive ketones (excluding diaryl/α,β-unsaturated/α-hetero) is 1. The predicted molar refractivity (Wildman–Crippen MR) is 132 cm³/mol. The maximum atomic E-state index is 11.8. The number of phenols is 1. The van der Waals surface area contributed by atoms with Gasteiger partial charge in [0.2, 0.25) is 6.41 Å². The molecule has 2 heterocycles. The zero-order valence-electron chi connectivity index (χ0n) is 19.3. The first kappa shape index (κ1) is 22.8. The molecule has 1 amide bonds. The zero-order chi connectivity index (χ0) is 24.2. The van der Waals surface area contributed by atoms with Crippen molar-refractivity contribution in [2.45, 2.75) is 20.3 Å². The molecular formula is C26H26N4O4. The molecule has 2 N–H and O–H groups in total. The monoisotopic (exact) mass is 458 g/mol. The van der Waals surface area contributed by atoms with E-state index >= 15 is 0 Å². The van der Waals surface area contributed by atoms with Gasteiger partial charge in [-0.1, -0.05) is 19.1 Å². The molecular weight excluding hydrogens is 432 g/mol. The van der Waals surface area contributed by atoms with E-state index in [0.717, 1.165) is 34.0 Å². The molecule has 2 aromatic carbocycles. The number of nitrogens with one attached hydrogen (secondary N) is 1. The van der Waals surface area contributed by atoms with Crippen LogP contribution in [-0.4, -0.2) is 40.3 Å². The molecule has 4 rings (SSSR count). The van der Waals surface area contributed by atoms with Crippen molar-refractivity contribution >= 4 is 34.9 Å². The van der Waals surface area contributed by atoms with Gasteiger partial charge in [-0.15, -0.1) is 0 Å². The Morgan fingerprint density at radius 2 is 2.03 bits per heavy atom. The average molecular weight is 459 g/mol. The first-order chi connectivity index (χ1) is 16.4. The van der Waals surface area contributed by atoms with Gasteiger partial charge >= 0.3 is 0 Å². The Morgan fingerprint density at radius 3 is 2.74 bits per heavy atom. The lowest BCUT2D eigenvalue weighted by Gasteiger charge is -2.18. The number of methoxy groups -OCH3 is 1. The predicted octanol–water partition coefficient (Wildman–Crippen LogP) is 4.71. The summed E-state index contributed by atoms with van der Waals surface area (Å²) in [5, 5.41) is 13.8. The second-order valence-corrected chi connectivity index (χ2v) is 7.85. The zero-order valence-corrected chi connectivity index (χ0v) is 19.3. The number of anilines is 3. The number of nitrogens with zero attached hydrogens (tertiary/aromatic N) is 3. The summed E-state index contributed by atoms with van der Waals surface area (Å²) in [5.41, 5.74) is 5.14. The molecule has 174 valence electrons. The molecule has 0 spiro atoms. The van der Waals surface area contributed by atoms with Gasteiger partial charge in [-0.05, 0) is 43.3 Å². The Morgan fingerprint density at radius 1 is 1.21 bits per heavy atom. The first-order valence-electron chi connectivity index (χ1n) is 10.9. The number of carbonyl (C=O) groups excluding carboxylic acids is 2. The molecule has 8 nitrogen and oxygen atoms in total. The molecule has 0 saturated carbocycles. The third kappa shape index (κ3) is 4.43. The van der Waals surface area contributed by atoms with Crippen molar-refractivity contribution < 1.29 is 19.4 Å². The summed E-state index contributed by atoms with van der Waals surface area (Å²) in [6.45, 7) is 3.65. The third-order valence-corrected chi connectivity index (χ3v) is 5.66. The van der Waals surface area contributed by atoms with E-state index in [0.29, 0.717) is 18.5 Å². The molecule has 8 heteroatoms. The van der Waals surface area contributed by atoms with Crippen LogP contribution in [0.3, 0.4) is 0 Å². The topological polar surface area (TPSA) is 96.2 Å². The molecule has 0 aliphatic rings. The van der Waals surface area contributed by atoms with Gasteiger partial charge in [0.1, 0.15) is 11.5 Å². The Hall–Kier alpha value is -4.33. The van der Waals surface area contributed by atoms with Crippen LogP contribution >= 0.6 is 0 Å². The van der Waals surface area contributed by atoms with Crippen LogP contribution in [0.1, 0.15) is 19.0 Å². The van der Waals surface area contributed by atoms with Gasteiger partial charge in [-0.3, -0.25) is 9.59 Å². The summed E-state index contributed by atoms with van der Waals surface area (Å²) in [6, 6.07) is 16.4. The first-order valence-corrected chi connectivity index (χ1v) is 10.9. The largest absolute Gasteiger partial charge is 0.506 e. The number of benzene rings is 2. The smallest absolute Gasteiger partial charge is 0.214 e. The fraction of sp³-hybridized carbons (Fsp3) is 0.192. The maximum absolute atomic E-state index is 11.8. The Kier molecular flexibility index (Phi) is 6.49. The van der Waals surface area contributed by atoms with Gasteiger partial charge in [0.05, 0.1) is 30.7 Å². The Bertz CT molecular complexity index is 1360. The van der Waals surface area contributed by atoms with Crippen molar-refractivity contribution in [3.05, 3.63) is 66.5 Å². The van der Waals surface area contributed by atoms with Crippen molar-refractivity contribution in [3.8, 4) is 22.8 Å². The van der Waals surface area contributed by atoms with Crippen molar-refractivity contribution in [2.24, 2.45) is 0 Å². The second-order valence-electron chi connectivity index (χ2n) is 7.85. The summed E-state index contributed by atoms with van der Waals surface area (Å²) >= 11 is 0. The van der Waals surface area contributed by atoms with E-state index in [9.17, 15) is 14.7 Å². The number of rotatable bonds is 9. The lowest BCUT2D eigenvalue weighted by Crippen LogP contribution is -2.28. The number of aromatic nitrogens is 2. The molecule has 2 aromatic heterocycles. The second kappa shape index (κ2) is 9.66. The van der Waals surface area contributed by atoms with Gasteiger partial charge in [0, 0.05) is 35.6 Å². The molecule has 0 bridgehead atoms. The van der Waals surface area contributed by atoms with E-state index < -0.39 is 0 Å². The van der Waals surface area contributed by atoms with Crippen LogP contribution in [0.25, 0.3) is 16.9 Å². The number of imidazole rings is 1. The molecule has 0 unspecified atom stereocenters. The number of aromatic hydroxyl groups is 1. The van der Waals surface area contributed by atoms with Crippen LogP contribution in [0, 0.1) is 6.92 Å². The van der Waals surface area contributed by atoms with Crippen molar-refractivity contribution in [3.63, 3.8) is 0 Å². The van der Waals surface area contributed by atoms with E-state index in [1.54, 1.807) is 26.2 Å². The number of hydrogen-bond donors (Lipinski definition) is 2. The van der Waals surface area contributed by atoms with E-state index in [1.807, 2.05) is 53.9 Å². The van der Waals surface area contributed by atoms with E-state index in [2.05, 4.69) is 5.32 Å². The highest BCUT2D eigenvalue weighted by atomic mass is 16.5. The Balaban J connectivity index is 1.67. The van der Waals surface area contributed by atoms with Crippen molar-refractivity contribution in [1.82, 2.24) is 9.38 Å². The lowest BCUT2D eigenvalue weighted by molar-refractivity contribution is -0.119.